The van der Waals surface area contributed by atoms with Crippen LogP contribution in [0.5, 0.6) is 0 Å². The third kappa shape index (κ3) is 5.90. The van der Waals surface area contributed by atoms with Gasteiger partial charge in [-0.15, -0.1) is 0 Å². The molecule has 0 unspecified atom stereocenters. The van der Waals surface area contributed by atoms with Crippen molar-refractivity contribution in [3.05, 3.63) is 207 Å². The SMILES string of the molecule is c1ccc(-c2ncc3c4ccccc4c4cnc(-n5c6ccccc6c6cc(-c7cccc(-c8ncc9c%10ccccc%10c%10cnc(-n%11c%12ccccc%12c%12cnccc%12%11)nc%10c9n8)c7)ncc65)nc4c3n2)cc1. The van der Waals surface area contributed by atoms with Gasteiger partial charge in [0.05, 0.1) is 34.0 Å². The molecule has 0 saturated carbocycles. The predicted octanol–water partition coefficient (Wildman–Crippen LogP) is 13.8. The van der Waals surface area contributed by atoms with E-state index in [1.165, 1.54) is 0 Å². The first-order valence-electron chi connectivity index (χ1n) is 24.3. The molecule has 8 aromatic carbocycles. The van der Waals surface area contributed by atoms with Crippen molar-refractivity contribution >= 4 is 109 Å². The van der Waals surface area contributed by atoms with Gasteiger partial charge in [0.25, 0.3) is 0 Å². The van der Waals surface area contributed by atoms with Gasteiger partial charge < -0.3 is 0 Å². The zero-order chi connectivity index (χ0) is 48.4. The van der Waals surface area contributed by atoms with Crippen molar-refractivity contribution in [3.63, 3.8) is 0 Å². The molecule has 0 N–H and O–H groups in total. The summed E-state index contributed by atoms with van der Waals surface area (Å²) >= 11 is 0. The number of aromatic nitrogens is 12. The van der Waals surface area contributed by atoms with E-state index in [2.05, 4.69) is 86.9 Å². The van der Waals surface area contributed by atoms with E-state index in [0.29, 0.717) is 23.5 Å². The molecule has 16 aromatic rings. The summed E-state index contributed by atoms with van der Waals surface area (Å²) in [5.74, 6) is 2.29. The lowest BCUT2D eigenvalue weighted by Crippen LogP contribution is -2.03. The molecule has 0 aliphatic heterocycles. The summed E-state index contributed by atoms with van der Waals surface area (Å²) in [5.41, 5.74) is 10.3. The summed E-state index contributed by atoms with van der Waals surface area (Å²) < 4.78 is 4.21. The number of para-hydroxylation sites is 2. The van der Waals surface area contributed by atoms with Crippen LogP contribution in [0.15, 0.2) is 207 Å². The van der Waals surface area contributed by atoms with Crippen LogP contribution in [0.25, 0.3) is 155 Å². The Bertz CT molecular complexity index is 4990. The standard InChI is InChI=1S/C62H34N12/c1-2-13-35(14-3-1)59-65-30-46-38-17-4-6-19-40(38)49-33-68-62(72-57(49)55(46)69-59)74-51-23-10-8-21-42(51)44-28-50(64-34-54(44)74)36-15-12-16-37(27-36)60-66-31-47-39-18-5-7-20-41(39)48-32-67-61(71-58(48)56(47)70-60)73-52-24-11-9-22-43(52)45-29-63-26-25-53(45)73/h1-34H. The molecule has 0 aliphatic rings. The molecule has 0 fully saturated rings. The Hall–Kier alpha value is -10.5. The lowest BCUT2D eigenvalue weighted by molar-refractivity contribution is 1.01. The Morgan fingerprint density at radius 2 is 0.730 bits per heavy atom. The predicted molar refractivity (Wildman–Crippen MR) is 294 cm³/mol. The van der Waals surface area contributed by atoms with E-state index in [-0.39, 0.29) is 0 Å². The van der Waals surface area contributed by atoms with E-state index in [1.807, 2.05) is 134 Å². The first-order chi connectivity index (χ1) is 36.7. The van der Waals surface area contributed by atoms with Crippen molar-refractivity contribution in [1.82, 2.24) is 59.0 Å². The minimum atomic E-state index is 0.523. The third-order valence-corrected chi connectivity index (χ3v) is 14.5. The van der Waals surface area contributed by atoms with E-state index in [9.17, 15) is 0 Å². The van der Waals surface area contributed by atoms with Crippen LogP contribution in [-0.2, 0) is 0 Å². The van der Waals surface area contributed by atoms with Gasteiger partial charge in [-0.05, 0) is 51.9 Å². The maximum atomic E-state index is 5.36. The Morgan fingerprint density at radius 3 is 1.34 bits per heavy atom. The van der Waals surface area contributed by atoms with E-state index < -0.39 is 0 Å². The fourth-order valence-electron chi connectivity index (χ4n) is 11.1. The van der Waals surface area contributed by atoms with Gasteiger partial charge in [-0.3, -0.25) is 19.1 Å². The molecule has 0 saturated heterocycles. The van der Waals surface area contributed by atoms with Crippen LogP contribution in [-0.4, -0.2) is 59.0 Å². The van der Waals surface area contributed by atoms with Crippen molar-refractivity contribution in [2.24, 2.45) is 0 Å². The average molecular weight is 947 g/mol. The normalized spacial score (nSPS) is 12.1. The lowest BCUT2D eigenvalue weighted by atomic mass is 10.0. The van der Waals surface area contributed by atoms with E-state index in [4.69, 9.17) is 44.9 Å². The van der Waals surface area contributed by atoms with Gasteiger partial charge in [0.15, 0.2) is 11.6 Å². The number of benzene rings is 8. The second-order valence-electron chi connectivity index (χ2n) is 18.5. The number of fused-ring (bicyclic) bond motifs is 18. The van der Waals surface area contributed by atoms with E-state index in [0.717, 1.165) is 131 Å². The fraction of sp³-hybridized carbons (Fsp3) is 0. The van der Waals surface area contributed by atoms with Crippen LogP contribution in [0.1, 0.15) is 0 Å². The molecule has 342 valence electrons. The summed E-state index contributed by atoms with van der Waals surface area (Å²) in [4.78, 5) is 50.7. The third-order valence-electron chi connectivity index (χ3n) is 14.5. The van der Waals surface area contributed by atoms with Crippen molar-refractivity contribution in [2.45, 2.75) is 0 Å². The first kappa shape index (κ1) is 40.3. The summed E-state index contributed by atoms with van der Waals surface area (Å²) in [6.07, 6.45) is 13.3. The fourth-order valence-corrected chi connectivity index (χ4v) is 11.1. The number of hydrogen-bond donors (Lipinski definition) is 0. The topological polar surface area (TPSA) is 139 Å². The number of pyridine rings is 2. The molecular formula is C62H34N12. The highest BCUT2D eigenvalue weighted by atomic mass is 15.2. The van der Waals surface area contributed by atoms with Crippen LogP contribution in [0, 0.1) is 0 Å². The number of hydrogen-bond acceptors (Lipinski definition) is 10. The largest absolute Gasteiger partial charge is 0.278 e. The monoisotopic (exact) mass is 946 g/mol. The highest BCUT2D eigenvalue weighted by Gasteiger charge is 2.21. The summed E-state index contributed by atoms with van der Waals surface area (Å²) in [7, 11) is 0. The van der Waals surface area contributed by atoms with Crippen molar-refractivity contribution in [3.8, 4) is 45.9 Å². The van der Waals surface area contributed by atoms with Crippen molar-refractivity contribution in [1.29, 1.82) is 0 Å². The van der Waals surface area contributed by atoms with Crippen molar-refractivity contribution < 1.29 is 0 Å². The molecule has 74 heavy (non-hydrogen) atoms. The Morgan fingerprint density at radius 1 is 0.270 bits per heavy atom. The van der Waals surface area contributed by atoms with E-state index in [1.54, 1.807) is 0 Å². The molecule has 0 radical (unpaired) electrons. The first-order valence-corrected chi connectivity index (χ1v) is 24.3. The summed E-state index contributed by atoms with van der Waals surface area (Å²) in [6.45, 7) is 0. The summed E-state index contributed by atoms with van der Waals surface area (Å²) in [5, 5.41) is 12.0. The molecule has 0 atom stereocenters. The highest BCUT2D eigenvalue weighted by molar-refractivity contribution is 6.24. The Balaban J connectivity index is 0.836. The smallest absolute Gasteiger partial charge is 0.235 e. The van der Waals surface area contributed by atoms with Crippen LogP contribution >= 0.6 is 0 Å². The average Bonchev–Trinajstić information content (AvgIpc) is 4.00. The number of rotatable bonds is 5. The maximum absolute atomic E-state index is 5.36. The minimum absolute atomic E-state index is 0.523. The quantitative estimate of drug-likeness (QED) is 0.153. The molecule has 12 nitrogen and oxygen atoms in total. The molecule has 0 amide bonds. The molecule has 0 spiro atoms. The zero-order valence-corrected chi connectivity index (χ0v) is 39.0. The van der Waals surface area contributed by atoms with Gasteiger partial charge in [0.2, 0.25) is 11.9 Å². The second-order valence-corrected chi connectivity index (χ2v) is 18.5. The Kier molecular flexibility index (Phi) is 8.45. The summed E-state index contributed by atoms with van der Waals surface area (Å²) in [6, 6.07) is 55.7. The molecule has 8 aromatic heterocycles. The molecule has 16 rings (SSSR count). The molecule has 0 aliphatic carbocycles. The van der Waals surface area contributed by atoms with Gasteiger partial charge in [0.1, 0.15) is 22.1 Å². The highest BCUT2D eigenvalue weighted by Crippen LogP contribution is 2.39. The van der Waals surface area contributed by atoms with Gasteiger partial charge in [0, 0.05) is 97.0 Å². The van der Waals surface area contributed by atoms with Gasteiger partial charge >= 0.3 is 0 Å². The van der Waals surface area contributed by atoms with Crippen LogP contribution in [0.2, 0.25) is 0 Å². The van der Waals surface area contributed by atoms with Crippen LogP contribution in [0.4, 0.5) is 0 Å². The second kappa shape index (κ2) is 15.5. The van der Waals surface area contributed by atoms with Gasteiger partial charge in [-0.2, -0.15) is 0 Å². The lowest BCUT2D eigenvalue weighted by Gasteiger charge is -2.12. The Labute approximate surface area is 419 Å². The molecule has 0 bridgehead atoms. The van der Waals surface area contributed by atoms with Gasteiger partial charge in [-0.1, -0.05) is 133 Å². The van der Waals surface area contributed by atoms with Crippen LogP contribution in [0.3, 0.4) is 0 Å². The van der Waals surface area contributed by atoms with E-state index >= 15 is 0 Å². The minimum Gasteiger partial charge on any atom is -0.278 e. The molecule has 8 heterocycles. The zero-order valence-electron chi connectivity index (χ0n) is 39.0. The van der Waals surface area contributed by atoms with Crippen molar-refractivity contribution in [2.75, 3.05) is 0 Å². The van der Waals surface area contributed by atoms with Crippen LogP contribution < -0.4 is 0 Å². The van der Waals surface area contributed by atoms with Gasteiger partial charge in [-0.25, -0.2) is 39.9 Å². The molecular weight excluding hydrogens is 913 g/mol. The molecule has 12 heteroatoms. The maximum Gasteiger partial charge on any atom is 0.235 e. The number of nitrogens with zero attached hydrogens (tertiary/aromatic N) is 12.